The summed E-state index contributed by atoms with van der Waals surface area (Å²) in [7, 11) is 0. The van der Waals surface area contributed by atoms with Crippen molar-refractivity contribution in [2.45, 2.75) is 44.3 Å². The van der Waals surface area contributed by atoms with Crippen LogP contribution in [0.5, 0.6) is 0 Å². The van der Waals surface area contributed by atoms with Gasteiger partial charge in [-0.3, -0.25) is 9.69 Å². The molecule has 3 atom stereocenters. The fourth-order valence-corrected chi connectivity index (χ4v) is 4.61. The van der Waals surface area contributed by atoms with Crippen molar-refractivity contribution in [3.63, 3.8) is 0 Å². The molecule has 1 aliphatic heterocycles. The first kappa shape index (κ1) is 19.4. The number of nitrogens with zero attached hydrogens (tertiary/aromatic N) is 1. The molecule has 2 fully saturated rings. The Balaban J connectivity index is 1.35. The summed E-state index contributed by atoms with van der Waals surface area (Å²) >= 11 is 6.27. The summed E-state index contributed by atoms with van der Waals surface area (Å²) in [4.78, 5) is 15.0. The topological polar surface area (TPSA) is 52.6 Å². The van der Waals surface area contributed by atoms with Gasteiger partial charge in [-0.2, -0.15) is 0 Å². The Kier molecular flexibility index (Phi) is 6.00. The van der Waals surface area contributed by atoms with Crippen LogP contribution >= 0.6 is 11.6 Å². The highest BCUT2D eigenvalue weighted by Gasteiger charge is 2.44. The molecule has 0 bridgehead atoms. The molecule has 0 aromatic heterocycles. The molecule has 5 heteroatoms. The second-order valence-corrected chi connectivity index (χ2v) is 8.31. The van der Waals surface area contributed by atoms with Crippen LogP contribution in [0.25, 0.3) is 0 Å². The van der Waals surface area contributed by atoms with E-state index < -0.39 is 0 Å². The zero-order valence-corrected chi connectivity index (χ0v) is 16.7. The summed E-state index contributed by atoms with van der Waals surface area (Å²) in [6.07, 6.45) is 3.05. The molecule has 2 aromatic rings. The average Bonchev–Trinajstić information content (AvgIpc) is 3.38. The molecule has 2 N–H and O–H groups in total. The number of aliphatic hydroxyl groups is 1. The summed E-state index contributed by atoms with van der Waals surface area (Å²) in [5.41, 5.74) is 3.45. The van der Waals surface area contributed by atoms with E-state index in [4.69, 9.17) is 11.6 Å². The molecule has 4 rings (SSSR count). The Morgan fingerprint density at radius 3 is 2.68 bits per heavy atom. The van der Waals surface area contributed by atoms with Gasteiger partial charge in [0.2, 0.25) is 5.91 Å². The Morgan fingerprint density at radius 2 is 1.89 bits per heavy atom. The molecule has 148 valence electrons. The number of carbonyl (C=O) groups is 1. The van der Waals surface area contributed by atoms with Gasteiger partial charge in [-0.05, 0) is 54.5 Å². The first-order valence-corrected chi connectivity index (χ1v) is 10.5. The monoisotopic (exact) mass is 398 g/mol. The SMILES string of the molecule is O=C(NCc1ccccc1CN1CCC[C@@H]1CO)[C@@H]1C[C@@H]1c1ccccc1Cl. The summed E-state index contributed by atoms with van der Waals surface area (Å²) < 4.78 is 0. The van der Waals surface area contributed by atoms with Crippen LogP contribution in [0, 0.1) is 5.92 Å². The van der Waals surface area contributed by atoms with Crippen LogP contribution in [0.3, 0.4) is 0 Å². The molecule has 0 unspecified atom stereocenters. The number of rotatable bonds is 7. The molecule has 1 saturated heterocycles. The number of aliphatic hydroxyl groups excluding tert-OH is 1. The van der Waals surface area contributed by atoms with Crippen molar-refractivity contribution in [2.75, 3.05) is 13.2 Å². The summed E-state index contributed by atoms with van der Waals surface area (Å²) in [5.74, 6) is 0.359. The standard InChI is InChI=1S/C23H27ClN2O2/c24-22-10-4-3-9-19(22)20-12-21(20)23(28)25-13-16-6-1-2-7-17(16)14-26-11-5-8-18(26)15-27/h1-4,6-7,9-10,18,20-21,27H,5,8,11-15H2,(H,25,28)/t18-,20-,21-/m1/s1. The van der Waals surface area contributed by atoms with E-state index in [1.165, 1.54) is 5.56 Å². The van der Waals surface area contributed by atoms with Crippen LogP contribution in [0.2, 0.25) is 5.02 Å². The van der Waals surface area contributed by atoms with E-state index in [1.807, 2.05) is 36.4 Å². The Morgan fingerprint density at radius 1 is 1.14 bits per heavy atom. The molecule has 1 saturated carbocycles. The van der Waals surface area contributed by atoms with E-state index in [9.17, 15) is 9.90 Å². The van der Waals surface area contributed by atoms with Gasteiger partial charge in [0.05, 0.1) is 6.61 Å². The van der Waals surface area contributed by atoms with E-state index in [-0.39, 0.29) is 30.4 Å². The van der Waals surface area contributed by atoms with Gasteiger partial charge in [0.1, 0.15) is 0 Å². The van der Waals surface area contributed by atoms with Crippen molar-refractivity contribution in [3.05, 3.63) is 70.2 Å². The number of benzene rings is 2. The number of hydrogen-bond donors (Lipinski definition) is 2. The van der Waals surface area contributed by atoms with E-state index >= 15 is 0 Å². The van der Waals surface area contributed by atoms with Crippen molar-refractivity contribution in [1.82, 2.24) is 10.2 Å². The lowest BCUT2D eigenvalue weighted by Crippen LogP contribution is -2.32. The van der Waals surface area contributed by atoms with Crippen molar-refractivity contribution >= 4 is 17.5 Å². The smallest absolute Gasteiger partial charge is 0.224 e. The highest BCUT2D eigenvalue weighted by molar-refractivity contribution is 6.31. The van der Waals surface area contributed by atoms with Crippen molar-refractivity contribution in [1.29, 1.82) is 0 Å². The van der Waals surface area contributed by atoms with Crippen molar-refractivity contribution in [3.8, 4) is 0 Å². The Bertz CT molecular complexity index is 841. The van der Waals surface area contributed by atoms with Crippen LogP contribution in [-0.2, 0) is 17.9 Å². The van der Waals surface area contributed by atoms with E-state index in [1.54, 1.807) is 0 Å². The highest BCUT2D eigenvalue weighted by atomic mass is 35.5. The third kappa shape index (κ3) is 4.24. The lowest BCUT2D eigenvalue weighted by Gasteiger charge is -2.24. The Hall–Kier alpha value is -1.88. The van der Waals surface area contributed by atoms with Crippen LogP contribution < -0.4 is 5.32 Å². The second-order valence-electron chi connectivity index (χ2n) is 7.91. The quantitative estimate of drug-likeness (QED) is 0.747. The molecule has 1 heterocycles. The lowest BCUT2D eigenvalue weighted by atomic mass is 10.1. The van der Waals surface area contributed by atoms with Gasteiger partial charge < -0.3 is 10.4 Å². The second kappa shape index (κ2) is 8.64. The van der Waals surface area contributed by atoms with Crippen LogP contribution in [0.1, 0.15) is 41.9 Å². The highest BCUT2D eigenvalue weighted by Crippen LogP contribution is 2.49. The average molecular weight is 399 g/mol. The molecule has 0 radical (unpaired) electrons. The van der Waals surface area contributed by atoms with Crippen molar-refractivity contribution < 1.29 is 9.90 Å². The maximum atomic E-state index is 12.6. The zero-order chi connectivity index (χ0) is 19.5. The minimum atomic E-state index is 0.0180. The molecule has 28 heavy (non-hydrogen) atoms. The number of nitrogens with one attached hydrogen (secondary N) is 1. The fraction of sp³-hybridized carbons (Fsp3) is 0.435. The van der Waals surface area contributed by atoms with Gasteiger partial charge in [-0.15, -0.1) is 0 Å². The fourth-order valence-electron chi connectivity index (χ4n) is 4.33. The van der Waals surface area contributed by atoms with Gasteiger partial charge >= 0.3 is 0 Å². The number of hydrogen-bond acceptors (Lipinski definition) is 3. The molecule has 1 amide bonds. The maximum absolute atomic E-state index is 12.6. The molecular formula is C23H27ClN2O2. The number of likely N-dealkylation sites (tertiary alicyclic amines) is 1. The molecule has 4 nitrogen and oxygen atoms in total. The van der Waals surface area contributed by atoms with Gasteiger partial charge in [0, 0.05) is 30.1 Å². The van der Waals surface area contributed by atoms with E-state index in [0.29, 0.717) is 6.54 Å². The molecule has 1 aliphatic carbocycles. The third-order valence-corrected chi connectivity index (χ3v) is 6.43. The maximum Gasteiger partial charge on any atom is 0.224 e. The number of amides is 1. The zero-order valence-electron chi connectivity index (χ0n) is 16.0. The van der Waals surface area contributed by atoms with Crippen LogP contribution in [-0.4, -0.2) is 35.1 Å². The van der Waals surface area contributed by atoms with Gasteiger partial charge in [-0.1, -0.05) is 54.1 Å². The predicted molar refractivity (Wildman–Crippen MR) is 111 cm³/mol. The van der Waals surface area contributed by atoms with Crippen LogP contribution in [0.15, 0.2) is 48.5 Å². The van der Waals surface area contributed by atoms with Crippen molar-refractivity contribution in [2.24, 2.45) is 5.92 Å². The summed E-state index contributed by atoms with van der Waals surface area (Å²) in [6.45, 7) is 2.60. The van der Waals surface area contributed by atoms with E-state index in [2.05, 4.69) is 22.3 Å². The summed E-state index contributed by atoms with van der Waals surface area (Å²) in [6, 6.07) is 16.3. The normalized spacial score (nSPS) is 24.3. The third-order valence-electron chi connectivity index (χ3n) is 6.09. The Labute approximate surface area is 171 Å². The lowest BCUT2D eigenvalue weighted by molar-refractivity contribution is -0.122. The molecule has 2 aromatic carbocycles. The largest absolute Gasteiger partial charge is 0.395 e. The summed E-state index contributed by atoms with van der Waals surface area (Å²) in [5, 5.41) is 13.4. The molecule has 2 aliphatic rings. The van der Waals surface area contributed by atoms with Gasteiger partial charge in [0.15, 0.2) is 0 Å². The van der Waals surface area contributed by atoms with Gasteiger partial charge in [-0.25, -0.2) is 0 Å². The minimum Gasteiger partial charge on any atom is -0.395 e. The molecular weight excluding hydrogens is 372 g/mol. The predicted octanol–water partition coefficient (Wildman–Crippen LogP) is 3.72. The number of halogens is 1. The first-order chi connectivity index (χ1) is 13.7. The van der Waals surface area contributed by atoms with E-state index in [0.717, 1.165) is 48.5 Å². The first-order valence-electron chi connectivity index (χ1n) is 10.1. The van der Waals surface area contributed by atoms with Gasteiger partial charge in [0.25, 0.3) is 0 Å². The number of carbonyl (C=O) groups excluding carboxylic acids is 1. The van der Waals surface area contributed by atoms with Crippen LogP contribution in [0.4, 0.5) is 0 Å². The minimum absolute atomic E-state index is 0.0180. The molecule has 0 spiro atoms.